The van der Waals surface area contributed by atoms with Crippen molar-refractivity contribution in [1.29, 1.82) is 0 Å². The normalized spacial score (nSPS) is 13.2. The summed E-state index contributed by atoms with van der Waals surface area (Å²) in [5, 5.41) is 11.1. The van der Waals surface area contributed by atoms with Crippen LogP contribution >= 0.6 is 11.8 Å². The van der Waals surface area contributed by atoms with Crippen LogP contribution < -0.4 is 0 Å². The maximum atomic E-state index is 10.1. The molecule has 1 aromatic carbocycles. The zero-order valence-electron chi connectivity index (χ0n) is 11.0. The summed E-state index contributed by atoms with van der Waals surface area (Å²) in [4.78, 5) is 2.02. The molecule has 1 N–H and O–H groups in total. The van der Waals surface area contributed by atoms with Crippen molar-refractivity contribution in [3.05, 3.63) is 59.7 Å². The third-order valence-corrected chi connectivity index (χ3v) is 3.61. The Morgan fingerprint density at radius 2 is 2.06 bits per heavy atom. The Morgan fingerprint density at radius 1 is 1.39 bits per heavy atom. The fourth-order valence-electron chi connectivity index (χ4n) is 1.55. The van der Waals surface area contributed by atoms with Gasteiger partial charge in [-0.25, -0.2) is 0 Å². The molecule has 1 atom stereocenters. The molecule has 0 heterocycles. The summed E-state index contributed by atoms with van der Waals surface area (Å²) in [5.74, 6) is 0.849. The first-order valence-corrected chi connectivity index (χ1v) is 6.97. The molecule has 0 spiro atoms. The molecule has 0 aliphatic heterocycles. The Kier molecular flexibility index (Phi) is 6.61. The molecule has 1 rings (SSSR count). The lowest BCUT2D eigenvalue weighted by atomic mass is 10.1. The smallest absolute Gasteiger partial charge is 0.0789 e. The Morgan fingerprint density at radius 3 is 2.61 bits per heavy atom. The molecule has 1 unspecified atom stereocenters. The summed E-state index contributed by atoms with van der Waals surface area (Å²) in [7, 11) is 3.97. The maximum Gasteiger partial charge on any atom is 0.0789 e. The van der Waals surface area contributed by atoms with Crippen molar-refractivity contribution in [2.24, 2.45) is 0 Å². The number of aliphatic hydroxyl groups is 1. The minimum absolute atomic E-state index is 0.456. The highest BCUT2D eigenvalue weighted by molar-refractivity contribution is 8.03. The van der Waals surface area contributed by atoms with Gasteiger partial charge >= 0.3 is 0 Å². The lowest BCUT2D eigenvalue weighted by molar-refractivity contribution is 0.221. The number of hydrogen-bond donors (Lipinski definition) is 1. The van der Waals surface area contributed by atoms with Crippen molar-refractivity contribution >= 4 is 11.8 Å². The molecule has 0 aliphatic carbocycles. The molecule has 0 saturated carbocycles. The summed E-state index contributed by atoms with van der Waals surface area (Å²) in [5.41, 5.74) is 1.15. The average molecular weight is 263 g/mol. The van der Waals surface area contributed by atoms with Crippen LogP contribution in [-0.2, 0) is 6.42 Å². The fraction of sp³-hybridized carbons (Fsp3) is 0.333. The summed E-state index contributed by atoms with van der Waals surface area (Å²) in [6.45, 7) is 3.71. The van der Waals surface area contributed by atoms with Crippen LogP contribution in [0.15, 0.2) is 54.1 Å². The first-order valence-electron chi connectivity index (χ1n) is 5.98. The van der Waals surface area contributed by atoms with Crippen LogP contribution in [0.5, 0.6) is 0 Å². The lowest BCUT2D eigenvalue weighted by Gasteiger charge is -2.18. The molecule has 0 fully saturated rings. The van der Waals surface area contributed by atoms with E-state index in [9.17, 15) is 5.11 Å². The number of nitrogens with zero attached hydrogens (tertiary/aromatic N) is 1. The Labute approximate surface area is 114 Å². The number of rotatable bonds is 7. The summed E-state index contributed by atoms with van der Waals surface area (Å²) >= 11 is 1.68. The van der Waals surface area contributed by atoms with Crippen molar-refractivity contribution in [2.75, 3.05) is 19.8 Å². The second kappa shape index (κ2) is 8.01. The van der Waals surface area contributed by atoms with Crippen molar-refractivity contribution in [3.63, 3.8) is 0 Å². The quantitative estimate of drug-likeness (QED) is 0.765. The van der Waals surface area contributed by atoms with Crippen molar-refractivity contribution in [1.82, 2.24) is 4.90 Å². The standard InChI is InChI=1S/C15H21NOS/c1-4-10-18-15(16(2)3)12-14(17)11-13-8-6-5-7-9-13/h4-9,12,14,17H,1,10-11H2,2-3H3/b15-12-. The second-order valence-electron chi connectivity index (χ2n) is 4.26. The Hall–Kier alpha value is -1.19. The molecule has 0 aromatic heterocycles. The van der Waals surface area contributed by atoms with Gasteiger partial charge in [0.2, 0.25) is 0 Å². The van der Waals surface area contributed by atoms with E-state index in [-0.39, 0.29) is 0 Å². The van der Waals surface area contributed by atoms with E-state index in [0.717, 1.165) is 16.3 Å². The maximum absolute atomic E-state index is 10.1. The van der Waals surface area contributed by atoms with Crippen LogP contribution in [0.3, 0.4) is 0 Å². The van der Waals surface area contributed by atoms with Crippen molar-refractivity contribution in [2.45, 2.75) is 12.5 Å². The molecule has 2 nitrogen and oxygen atoms in total. The topological polar surface area (TPSA) is 23.5 Å². The monoisotopic (exact) mass is 263 g/mol. The number of benzene rings is 1. The highest BCUT2D eigenvalue weighted by atomic mass is 32.2. The highest BCUT2D eigenvalue weighted by Crippen LogP contribution is 2.19. The van der Waals surface area contributed by atoms with Crippen LogP contribution in [0.1, 0.15) is 5.56 Å². The van der Waals surface area contributed by atoms with Gasteiger partial charge in [-0.2, -0.15) is 0 Å². The first-order chi connectivity index (χ1) is 8.63. The molecule has 18 heavy (non-hydrogen) atoms. The third-order valence-electron chi connectivity index (χ3n) is 2.41. The first kappa shape index (κ1) is 14.9. The van der Waals surface area contributed by atoms with Gasteiger partial charge in [-0.3, -0.25) is 0 Å². The number of hydrogen-bond acceptors (Lipinski definition) is 3. The van der Waals surface area contributed by atoms with Crippen LogP contribution in [0.25, 0.3) is 0 Å². The van der Waals surface area contributed by atoms with Gasteiger partial charge in [0.15, 0.2) is 0 Å². The zero-order chi connectivity index (χ0) is 13.4. The fourth-order valence-corrected chi connectivity index (χ4v) is 2.35. The Balaban J connectivity index is 2.63. The minimum atomic E-state index is -0.456. The molecule has 98 valence electrons. The van der Waals surface area contributed by atoms with Gasteiger partial charge in [0.05, 0.1) is 11.1 Å². The zero-order valence-corrected chi connectivity index (χ0v) is 11.9. The van der Waals surface area contributed by atoms with E-state index < -0.39 is 6.10 Å². The molecular weight excluding hydrogens is 242 g/mol. The third kappa shape index (κ3) is 5.43. The van der Waals surface area contributed by atoms with Gasteiger partial charge < -0.3 is 10.0 Å². The van der Waals surface area contributed by atoms with Gasteiger partial charge in [-0.15, -0.1) is 18.3 Å². The predicted molar refractivity (Wildman–Crippen MR) is 80.6 cm³/mol. The van der Waals surface area contributed by atoms with Gasteiger partial charge in [-0.05, 0) is 11.6 Å². The van der Waals surface area contributed by atoms with Gasteiger partial charge in [0.25, 0.3) is 0 Å². The molecule has 0 amide bonds. The van der Waals surface area contributed by atoms with Gasteiger partial charge in [-0.1, -0.05) is 36.4 Å². The van der Waals surface area contributed by atoms with Crippen LogP contribution in [0, 0.1) is 0 Å². The van der Waals surface area contributed by atoms with E-state index in [1.165, 1.54) is 0 Å². The van der Waals surface area contributed by atoms with E-state index in [2.05, 4.69) is 6.58 Å². The SMILES string of the molecule is C=CCS/C(=C\C(O)Cc1ccccc1)N(C)C. The number of aliphatic hydroxyl groups excluding tert-OH is 1. The Bertz CT molecular complexity index is 387. The second-order valence-corrected chi connectivity index (χ2v) is 5.30. The summed E-state index contributed by atoms with van der Waals surface area (Å²) < 4.78 is 0. The van der Waals surface area contributed by atoms with Crippen LogP contribution in [0.2, 0.25) is 0 Å². The van der Waals surface area contributed by atoms with Crippen molar-refractivity contribution < 1.29 is 5.11 Å². The minimum Gasteiger partial charge on any atom is -0.389 e. The van der Waals surface area contributed by atoms with Crippen LogP contribution in [-0.4, -0.2) is 36.0 Å². The number of thioether (sulfide) groups is 1. The molecular formula is C15H21NOS. The van der Waals surface area contributed by atoms with Crippen LogP contribution in [0.4, 0.5) is 0 Å². The van der Waals surface area contributed by atoms with Crippen molar-refractivity contribution in [3.8, 4) is 0 Å². The summed E-state index contributed by atoms with van der Waals surface area (Å²) in [6, 6.07) is 10.0. The summed E-state index contributed by atoms with van der Waals surface area (Å²) in [6.07, 6.45) is 3.96. The average Bonchev–Trinajstić information content (AvgIpc) is 2.35. The van der Waals surface area contributed by atoms with E-state index in [0.29, 0.717) is 6.42 Å². The molecule has 3 heteroatoms. The van der Waals surface area contributed by atoms with E-state index in [1.54, 1.807) is 11.8 Å². The van der Waals surface area contributed by atoms with Gasteiger partial charge in [0, 0.05) is 26.3 Å². The molecule has 0 aliphatic rings. The molecule has 1 aromatic rings. The highest BCUT2D eigenvalue weighted by Gasteiger charge is 2.06. The van der Waals surface area contributed by atoms with E-state index in [1.807, 2.05) is 61.5 Å². The molecule has 0 bridgehead atoms. The van der Waals surface area contributed by atoms with E-state index in [4.69, 9.17) is 0 Å². The van der Waals surface area contributed by atoms with Gasteiger partial charge in [0.1, 0.15) is 0 Å². The largest absolute Gasteiger partial charge is 0.389 e. The molecule has 0 saturated heterocycles. The lowest BCUT2D eigenvalue weighted by Crippen LogP contribution is -2.14. The van der Waals surface area contributed by atoms with E-state index >= 15 is 0 Å². The molecule has 0 radical (unpaired) electrons. The predicted octanol–water partition coefficient (Wildman–Crippen LogP) is 2.91.